The number of carboxylic acids is 1. The molecule has 0 spiro atoms. The summed E-state index contributed by atoms with van der Waals surface area (Å²) in [6.07, 6.45) is 0. The number of carboxylic acid groups (broad SMARTS) is 1. The smallest absolute Gasteiger partial charge is 0.548 e. The van der Waals surface area contributed by atoms with E-state index in [-0.39, 0.29) is 29.6 Å². The van der Waals surface area contributed by atoms with E-state index in [2.05, 4.69) is 0 Å². The predicted molar refractivity (Wildman–Crippen MR) is 27.8 cm³/mol. The Kier molecular flexibility index (Phi) is 7.01. The maximum absolute atomic E-state index is 10.2. The van der Waals surface area contributed by atoms with Crippen LogP contribution in [0.3, 0.4) is 0 Å². The summed E-state index contributed by atoms with van der Waals surface area (Å²) in [6.45, 7) is 0.881. The largest absolute Gasteiger partial charge is 1.00 e. The molecule has 1 unspecified atom stereocenters. The molecule has 11 heavy (non-hydrogen) atoms. The Bertz CT molecular complexity index is 211. The SMILES string of the molecule is CC(=O)C(C(=O)[O-])P(=O)=O.[Na+]. The maximum Gasteiger partial charge on any atom is 1.00 e. The standard InChI is InChI=1S/C4H5O5P.Na/c1-2(5)3(4(6)7)10(8)9;/h3H,1H3,(H,6,7);/q;+1/p-1. The van der Waals surface area contributed by atoms with Gasteiger partial charge in [0.05, 0.1) is 5.97 Å². The molecule has 5 nitrogen and oxygen atoms in total. The Morgan fingerprint density at radius 3 is 1.73 bits per heavy atom. The molecule has 0 aliphatic carbocycles. The van der Waals surface area contributed by atoms with Gasteiger partial charge in [0.1, 0.15) is 0 Å². The van der Waals surface area contributed by atoms with Gasteiger partial charge in [0, 0.05) is 0 Å². The molecule has 1 atom stereocenters. The van der Waals surface area contributed by atoms with Crippen LogP contribution in [0.4, 0.5) is 0 Å². The zero-order chi connectivity index (χ0) is 8.31. The van der Waals surface area contributed by atoms with Gasteiger partial charge in [-0.05, 0) is 6.92 Å². The zero-order valence-electron chi connectivity index (χ0n) is 6.07. The normalized spacial score (nSPS) is 11.0. The van der Waals surface area contributed by atoms with E-state index in [4.69, 9.17) is 0 Å². The van der Waals surface area contributed by atoms with Gasteiger partial charge < -0.3 is 9.90 Å². The van der Waals surface area contributed by atoms with Crippen LogP contribution in [0.25, 0.3) is 0 Å². The first kappa shape index (κ1) is 13.6. The van der Waals surface area contributed by atoms with Crippen molar-refractivity contribution in [3.63, 3.8) is 0 Å². The third-order valence-electron chi connectivity index (χ3n) is 0.819. The number of carbonyl (C=O) groups is 2. The monoisotopic (exact) mass is 186 g/mol. The third-order valence-corrected chi connectivity index (χ3v) is 1.82. The van der Waals surface area contributed by atoms with Gasteiger partial charge in [0.15, 0.2) is 11.4 Å². The number of hydrogen-bond acceptors (Lipinski definition) is 5. The van der Waals surface area contributed by atoms with Crippen molar-refractivity contribution >= 4 is 19.4 Å². The van der Waals surface area contributed by atoms with Gasteiger partial charge in [0.2, 0.25) is 0 Å². The van der Waals surface area contributed by atoms with Gasteiger partial charge in [-0.2, -0.15) is 0 Å². The van der Waals surface area contributed by atoms with Crippen molar-refractivity contribution in [2.24, 2.45) is 0 Å². The molecule has 0 heterocycles. The first-order valence-corrected chi connectivity index (χ1v) is 3.56. The fraction of sp³-hybridized carbons (Fsp3) is 0.500. The van der Waals surface area contributed by atoms with E-state index in [9.17, 15) is 23.8 Å². The van der Waals surface area contributed by atoms with Crippen molar-refractivity contribution in [1.29, 1.82) is 0 Å². The van der Waals surface area contributed by atoms with E-state index >= 15 is 0 Å². The number of Topliss-reactive ketones (excluding diaryl/α,β-unsaturated/α-hetero) is 1. The molecule has 0 aromatic rings. The topological polar surface area (TPSA) is 91.3 Å². The van der Waals surface area contributed by atoms with E-state index in [1.165, 1.54) is 0 Å². The number of carbonyl (C=O) groups excluding carboxylic acids is 2. The molecular weight excluding hydrogens is 182 g/mol. The quantitative estimate of drug-likeness (QED) is 0.253. The maximum atomic E-state index is 10.2. The van der Waals surface area contributed by atoms with Gasteiger partial charge in [-0.25, -0.2) is 9.13 Å². The van der Waals surface area contributed by atoms with Crippen molar-refractivity contribution in [3.05, 3.63) is 0 Å². The van der Waals surface area contributed by atoms with Crippen molar-refractivity contribution < 1.29 is 53.4 Å². The molecule has 0 rings (SSSR count). The minimum atomic E-state index is -3.25. The van der Waals surface area contributed by atoms with Crippen LogP contribution in [0.5, 0.6) is 0 Å². The van der Waals surface area contributed by atoms with Crippen LogP contribution in [0.2, 0.25) is 0 Å². The molecule has 0 aromatic carbocycles. The Balaban J connectivity index is 0. The summed E-state index contributed by atoms with van der Waals surface area (Å²) in [4.78, 5) is 20.1. The van der Waals surface area contributed by atoms with Gasteiger partial charge in [-0.15, -0.1) is 0 Å². The molecule has 0 fully saturated rings. The van der Waals surface area contributed by atoms with Crippen molar-refractivity contribution in [2.45, 2.75) is 12.6 Å². The fourth-order valence-electron chi connectivity index (χ4n) is 0.400. The van der Waals surface area contributed by atoms with Crippen molar-refractivity contribution in [3.8, 4) is 0 Å². The van der Waals surface area contributed by atoms with E-state index < -0.39 is 25.1 Å². The third kappa shape index (κ3) is 4.48. The summed E-state index contributed by atoms with van der Waals surface area (Å²) < 4.78 is 20.0. The fourth-order valence-corrected chi connectivity index (χ4v) is 0.869. The Hall–Kier alpha value is 0.0400. The molecule has 0 amide bonds. The molecule has 0 N–H and O–H groups in total. The first-order chi connectivity index (χ1) is 4.46. The summed E-state index contributed by atoms with van der Waals surface area (Å²) in [6, 6.07) is 0. The zero-order valence-corrected chi connectivity index (χ0v) is 8.96. The van der Waals surface area contributed by atoms with Crippen LogP contribution >= 0.6 is 7.68 Å². The second-order valence-electron chi connectivity index (χ2n) is 1.62. The van der Waals surface area contributed by atoms with E-state index in [1.807, 2.05) is 0 Å². The molecule has 0 radical (unpaired) electrons. The Labute approximate surface area is 85.3 Å². The number of hydrogen-bond donors (Lipinski definition) is 0. The Morgan fingerprint density at radius 2 is 1.73 bits per heavy atom. The summed E-state index contributed by atoms with van der Waals surface area (Å²) in [5, 5.41) is 9.87. The summed E-state index contributed by atoms with van der Waals surface area (Å²) >= 11 is 0. The number of rotatable bonds is 3. The van der Waals surface area contributed by atoms with Crippen LogP contribution < -0.4 is 34.7 Å². The van der Waals surface area contributed by atoms with Crippen molar-refractivity contribution in [1.82, 2.24) is 0 Å². The molecule has 0 aliphatic rings. The molecule has 0 saturated heterocycles. The second kappa shape index (κ2) is 5.66. The Morgan fingerprint density at radius 1 is 1.36 bits per heavy atom. The van der Waals surface area contributed by atoms with Gasteiger partial charge >= 0.3 is 37.2 Å². The van der Waals surface area contributed by atoms with E-state index in [0.717, 1.165) is 6.92 Å². The predicted octanol–water partition coefficient (Wildman–Crippen LogP) is -4.13. The molecule has 0 saturated carbocycles. The minimum Gasteiger partial charge on any atom is -0.548 e. The van der Waals surface area contributed by atoms with Gasteiger partial charge in [-0.3, -0.25) is 4.79 Å². The second-order valence-corrected chi connectivity index (χ2v) is 2.70. The molecular formula is C4H4NaO5P. The van der Waals surface area contributed by atoms with Crippen LogP contribution in [0.1, 0.15) is 6.92 Å². The van der Waals surface area contributed by atoms with Gasteiger partial charge in [-0.1, -0.05) is 0 Å². The van der Waals surface area contributed by atoms with Crippen LogP contribution in [-0.4, -0.2) is 17.4 Å². The summed E-state index contributed by atoms with van der Waals surface area (Å²) in [7, 11) is -3.25. The van der Waals surface area contributed by atoms with Crippen LogP contribution in [-0.2, 0) is 18.7 Å². The van der Waals surface area contributed by atoms with Crippen molar-refractivity contribution in [2.75, 3.05) is 0 Å². The summed E-state index contributed by atoms with van der Waals surface area (Å²) in [5.41, 5.74) is -1.99. The minimum absolute atomic E-state index is 0. The average Bonchev–Trinajstić information content (AvgIpc) is 1.59. The van der Waals surface area contributed by atoms with E-state index in [1.54, 1.807) is 0 Å². The van der Waals surface area contributed by atoms with Gasteiger partial charge in [0.25, 0.3) is 0 Å². The molecule has 0 bridgehead atoms. The first-order valence-electron chi connectivity index (χ1n) is 2.31. The molecule has 7 heteroatoms. The van der Waals surface area contributed by atoms with Crippen LogP contribution in [0.15, 0.2) is 0 Å². The molecule has 0 aliphatic heterocycles. The van der Waals surface area contributed by atoms with Crippen LogP contribution in [0, 0.1) is 0 Å². The summed E-state index contributed by atoms with van der Waals surface area (Å²) in [5.74, 6) is -2.81. The van der Waals surface area contributed by atoms with E-state index in [0.29, 0.717) is 0 Å². The molecule has 56 valence electrons. The number of ketones is 1. The average molecular weight is 186 g/mol. The number of aliphatic carboxylic acids is 1. The molecule has 0 aromatic heterocycles.